The van der Waals surface area contributed by atoms with Gasteiger partial charge in [-0.1, -0.05) is 18.2 Å². The van der Waals surface area contributed by atoms with Crippen LogP contribution in [0.1, 0.15) is 12.8 Å². The minimum Gasteiger partial charge on any atom is -0.369 e. The molecule has 1 amide bonds. The van der Waals surface area contributed by atoms with Crippen LogP contribution in [-0.4, -0.2) is 75.1 Å². The van der Waals surface area contributed by atoms with Crippen LogP contribution >= 0.6 is 0 Å². The van der Waals surface area contributed by atoms with Crippen molar-refractivity contribution in [2.24, 2.45) is 5.92 Å². The summed E-state index contributed by atoms with van der Waals surface area (Å²) in [6.45, 7) is 7.97. The summed E-state index contributed by atoms with van der Waals surface area (Å²) in [7, 11) is 1.99. The number of likely N-dealkylation sites (tertiary alicyclic amines) is 1. The van der Waals surface area contributed by atoms with Gasteiger partial charge in [0.25, 0.3) is 0 Å². The van der Waals surface area contributed by atoms with Crippen LogP contribution in [0.25, 0.3) is 0 Å². The van der Waals surface area contributed by atoms with Gasteiger partial charge in [0, 0.05) is 57.9 Å². The van der Waals surface area contributed by atoms with E-state index >= 15 is 0 Å². The van der Waals surface area contributed by atoms with Crippen molar-refractivity contribution in [3.05, 3.63) is 30.3 Å². The Labute approximate surface area is 145 Å². The zero-order valence-corrected chi connectivity index (χ0v) is 14.8. The molecule has 2 aliphatic rings. The Morgan fingerprint density at radius 3 is 2.58 bits per heavy atom. The van der Waals surface area contributed by atoms with Gasteiger partial charge in [0.2, 0.25) is 5.91 Å². The molecular weight excluding hydrogens is 300 g/mol. The number of benzene rings is 1. The van der Waals surface area contributed by atoms with Gasteiger partial charge in [-0.15, -0.1) is 0 Å². The molecule has 0 saturated carbocycles. The van der Waals surface area contributed by atoms with Crippen molar-refractivity contribution in [2.45, 2.75) is 12.8 Å². The predicted molar refractivity (Wildman–Crippen MR) is 98.3 cm³/mol. The number of anilines is 1. The Balaban J connectivity index is 1.37. The molecule has 0 aliphatic carbocycles. The van der Waals surface area contributed by atoms with E-state index in [0.717, 1.165) is 58.8 Å². The van der Waals surface area contributed by atoms with Gasteiger partial charge >= 0.3 is 0 Å². The lowest BCUT2D eigenvalue weighted by Crippen LogP contribution is -2.47. The Morgan fingerprint density at radius 1 is 1.12 bits per heavy atom. The van der Waals surface area contributed by atoms with Gasteiger partial charge in [-0.2, -0.15) is 0 Å². The highest BCUT2D eigenvalue weighted by atomic mass is 16.2. The van der Waals surface area contributed by atoms with Crippen LogP contribution in [0.2, 0.25) is 0 Å². The van der Waals surface area contributed by atoms with Crippen molar-refractivity contribution in [3.63, 3.8) is 0 Å². The molecule has 3 rings (SSSR count). The molecule has 2 heterocycles. The highest BCUT2D eigenvalue weighted by Gasteiger charge is 2.26. The molecule has 2 aliphatic heterocycles. The zero-order chi connectivity index (χ0) is 16.8. The normalized spacial score (nSPS) is 22.1. The number of rotatable bonds is 6. The molecular formula is C19H30N4O. The maximum absolute atomic E-state index is 12.4. The molecule has 0 radical (unpaired) electrons. The van der Waals surface area contributed by atoms with Crippen molar-refractivity contribution in [1.29, 1.82) is 0 Å². The summed E-state index contributed by atoms with van der Waals surface area (Å²) in [6, 6.07) is 10.6. The fourth-order valence-corrected chi connectivity index (χ4v) is 3.79. The first kappa shape index (κ1) is 17.2. The van der Waals surface area contributed by atoms with Gasteiger partial charge in [0.1, 0.15) is 0 Å². The number of nitrogens with one attached hydrogen (secondary N) is 1. The number of amides is 1. The summed E-state index contributed by atoms with van der Waals surface area (Å²) in [5.41, 5.74) is 1.31. The molecule has 0 aromatic heterocycles. The minimum absolute atomic E-state index is 0.332. The first-order valence-corrected chi connectivity index (χ1v) is 9.21. The van der Waals surface area contributed by atoms with E-state index in [-0.39, 0.29) is 0 Å². The molecule has 1 aromatic rings. The van der Waals surface area contributed by atoms with Crippen molar-refractivity contribution < 1.29 is 4.79 Å². The Kier molecular flexibility index (Phi) is 6.10. The molecule has 2 fully saturated rings. The molecule has 1 aromatic carbocycles. The topological polar surface area (TPSA) is 38.8 Å². The van der Waals surface area contributed by atoms with Crippen LogP contribution in [0.3, 0.4) is 0 Å². The number of nitrogens with zero attached hydrogens (tertiary/aromatic N) is 3. The lowest BCUT2D eigenvalue weighted by Gasteiger charge is -2.36. The fourth-order valence-electron chi connectivity index (χ4n) is 3.79. The second-order valence-electron chi connectivity index (χ2n) is 6.97. The second kappa shape index (κ2) is 8.49. The predicted octanol–water partition coefficient (Wildman–Crippen LogP) is 1.27. The van der Waals surface area contributed by atoms with Crippen molar-refractivity contribution in [1.82, 2.24) is 15.1 Å². The molecule has 5 heteroatoms. The SMILES string of the molecule is CNCC1CCN(C(=O)CCN2CCN(c3ccccc3)CC2)C1. The van der Waals surface area contributed by atoms with Gasteiger partial charge in [-0.05, 0) is 38.1 Å². The number of hydrogen-bond acceptors (Lipinski definition) is 4. The smallest absolute Gasteiger partial charge is 0.223 e. The summed E-state index contributed by atoms with van der Waals surface area (Å²) in [6.07, 6.45) is 1.81. The molecule has 0 spiro atoms. The van der Waals surface area contributed by atoms with Crippen molar-refractivity contribution in [3.8, 4) is 0 Å². The molecule has 1 N–H and O–H groups in total. The lowest BCUT2D eigenvalue weighted by atomic mass is 10.1. The van der Waals surface area contributed by atoms with E-state index in [1.54, 1.807) is 0 Å². The van der Waals surface area contributed by atoms with E-state index in [1.807, 2.05) is 7.05 Å². The maximum Gasteiger partial charge on any atom is 0.223 e. The number of carbonyl (C=O) groups is 1. The highest BCUT2D eigenvalue weighted by Crippen LogP contribution is 2.18. The summed E-state index contributed by atoms with van der Waals surface area (Å²) in [4.78, 5) is 19.3. The van der Waals surface area contributed by atoms with E-state index in [2.05, 4.69) is 50.3 Å². The molecule has 132 valence electrons. The maximum atomic E-state index is 12.4. The largest absolute Gasteiger partial charge is 0.369 e. The monoisotopic (exact) mass is 330 g/mol. The summed E-state index contributed by atoms with van der Waals surface area (Å²) >= 11 is 0. The van der Waals surface area contributed by atoms with Crippen LogP contribution in [0, 0.1) is 5.92 Å². The lowest BCUT2D eigenvalue weighted by molar-refractivity contribution is -0.130. The van der Waals surface area contributed by atoms with Gasteiger partial charge in [0.15, 0.2) is 0 Å². The summed E-state index contributed by atoms with van der Waals surface area (Å²) < 4.78 is 0. The Bertz CT molecular complexity index is 513. The first-order chi connectivity index (χ1) is 11.8. The first-order valence-electron chi connectivity index (χ1n) is 9.21. The third kappa shape index (κ3) is 4.48. The molecule has 0 bridgehead atoms. The molecule has 5 nitrogen and oxygen atoms in total. The summed E-state index contributed by atoms with van der Waals surface area (Å²) in [5.74, 6) is 0.965. The average Bonchev–Trinajstić information content (AvgIpc) is 3.10. The standard InChI is InChI=1S/C19H30N4O/c1-20-15-17-7-10-23(16-17)19(24)8-9-21-11-13-22(14-12-21)18-5-3-2-4-6-18/h2-6,17,20H,7-16H2,1H3. The third-order valence-corrected chi connectivity index (χ3v) is 5.27. The van der Waals surface area contributed by atoms with E-state index in [1.165, 1.54) is 5.69 Å². The zero-order valence-electron chi connectivity index (χ0n) is 14.8. The van der Waals surface area contributed by atoms with Gasteiger partial charge in [-0.25, -0.2) is 0 Å². The highest BCUT2D eigenvalue weighted by molar-refractivity contribution is 5.76. The third-order valence-electron chi connectivity index (χ3n) is 5.27. The van der Waals surface area contributed by atoms with Crippen LogP contribution in [0.15, 0.2) is 30.3 Å². The van der Waals surface area contributed by atoms with E-state index in [4.69, 9.17) is 0 Å². The van der Waals surface area contributed by atoms with E-state index in [0.29, 0.717) is 18.2 Å². The molecule has 2 saturated heterocycles. The van der Waals surface area contributed by atoms with Gasteiger partial charge < -0.3 is 15.1 Å². The number of hydrogen-bond donors (Lipinski definition) is 1. The Morgan fingerprint density at radius 2 is 1.88 bits per heavy atom. The van der Waals surface area contributed by atoms with E-state index in [9.17, 15) is 4.79 Å². The number of piperazine rings is 1. The number of carbonyl (C=O) groups excluding carboxylic acids is 1. The van der Waals surface area contributed by atoms with E-state index < -0.39 is 0 Å². The van der Waals surface area contributed by atoms with Crippen LogP contribution in [0.5, 0.6) is 0 Å². The Hall–Kier alpha value is -1.59. The van der Waals surface area contributed by atoms with Crippen LogP contribution in [-0.2, 0) is 4.79 Å². The second-order valence-corrected chi connectivity index (χ2v) is 6.97. The molecule has 24 heavy (non-hydrogen) atoms. The van der Waals surface area contributed by atoms with Crippen molar-refractivity contribution >= 4 is 11.6 Å². The number of para-hydroxylation sites is 1. The minimum atomic E-state index is 0.332. The fraction of sp³-hybridized carbons (Fsp3) is 0.632. The van der Waals surface area contributed by atoms with Gasteiger partial charge in [-0.3, -0.25) is 9.69 Å². The summed E-state index contributed by atoms with van der Waals surface area (Å²) in [5, 5.41) is 3.22. The average molecular weight is 330 g/mol. The molecule has 1 atom stereocenters. The van der Waals surface area contributed by atoms with Crippen LogP contribution < -0.4 is 10.2 Å². The van der Waals surface area contributed by atoms with Gasteiger partial charge in [0.05, 0.1) is 0 Å². The molecule has 1 unspecified atom stereocenters. The van der Waals surface area contributed by atoms with Crippen molar-refractivity contribution in [2.75, 3.05) is 64.3 Å². The quantitative estimate of drug-likeness (QED) is 0.852. The van der Waals surface area contributed by atoms with Crippen LogP contribution in [0.4, 0.5) is 5.69 Å².